The zero-order valence-electron chi connectivity index (χ0n) is 15.0. The summed E-state index contributed by atoms with van der Waals surface area (Å²) in [6.07, 6.45) is 0.884. The highest BCUT2D eigenvalue weighted by molar-refractivity contribution is 5.82. The standard InChI is InChI=1S/C19H26N4O3/c20-14-16-3-1-4-17(13-16)26-10-2-6-22-7-5-21-18(15-22)19(24)23-8-11-25-12-9-23/h1,3-4,13,18,21H,2,5-12,15H2. The molecule has 1 aromatic rings. The second-order valence-corrected chi connectivity index (χ2v) is 6.59. The minimum absolute atomic E-state index is 0.130. The van der Waals surface area contributed by atoms with Crippen molar-refractivity contribution in [2.45, 2.75) is 12.5 Å². The van der Waals surface area contributed by atoms with Gasteiger partial charge in [0.2, 0.25) is 5.91 Å². The van der Waals surface area contributed by atoms with Gasteiger partial charge in [0.15, 0.2) is 0 Å². The quantitative estimate of drug-likeness (QED) is 0.745. The number of amides is 1. The van der Waals surface area contributed by atoms with E-state index in [4.69, 9.17) is 14.7 Å². The van der Waals surface area contributed by atoms with Gasteiger partial charge in [-0.15, -0.1) is 0 Å². The van der Waals surface area contributed by atoms with E-state index < -0.39 is 0 Å². The summed E-state index contributed by atoms with van der Waals surface area (Å²) >= 11 is 0. The number of hydrogen-bond donors (Lipinski definition) is 1. The van der Waals surface area contributed by atoms with Gasteiger partial charge >= 0.3 is 0 Å². The molecule has 1 aromatic carbocycles. The van der Waals surface area contributed by atoms with Crippen LogP contribution in [0.3, 0.4) is 0 Å². The van der Waals surface area contributed by atoms with E-state index >= 15 is 0 Å². The zero-order chi connectivity index (χ0) is 18.2. The molecule has 1 N–H and O–H groups in total. The van der Waals surface area contributed by atoms with Crippen molar-refractivity contribution in [3.05, 3.63) is 29.8 Å². The number of hydrogen-bond acceptors (Lipinski definition) is 6. The summed E-state index contributed by atoms with van der Waals surface area (Å²) in [7, 11) is 0. The van der Waals surface area contributed by atoms with Crippen molar-refractivity contribution in [3.63, 3.8) is 0 Å². The third-order valence-electron chi connectivity index (χ3n) is 4.73. The van der Waals surface area contributed by atoms with Gasteiger partial charge in [-0.1, -0.05) is 6.07 Å². The Morgan fingerprint density at radius 2 is 2.19 bits per heavy atom. The second kappa shape index (κ2) is 9.53. The van der Waals surface area contributed by atoms with Crippen molar-refractivity contribution in [1.82, 2.24) is 15.1 Å². The Balaban J connectivity index is 1.39. The van der Waals surface area contributed by atoms with Crippen molar-refractivity contribution in [3.8, 4) is 11.8 Å². The monoisotopic (exact) mass is 358 g/mol. The van der Waals surface area contributed by atoms with Gasteiger partial charge in [0.25, 0.3) is 0 Å². The molecule has 1 atom stereocenters. The van der Waals surface area contributed by atoms with Gasteiger partial charge in [-0.05, 0) is 24.6 Å². The molecule has 1 amide bonds. The summed E-state index contributed by atoms with van der Waals surface area (Å²) in [6, 6.07) is 9.19. The summed E-state index contributed by atoms with van der Waals surface area (Å²) < 4.78 is 11.0. The first-order valence-electron chi connectivity index (χ1n) is 9.21. The van der Waals surface area contributed by atoms with Gasteiger partial charge in [0, 0.05) is 39.3 Å². The molecule has 2 heterocycles. The molecule has 1 unspecified atom stereocenters. The molecule has 2 aliphatic heterocycles. The summed E-state index contributed by atoms with van der Waals surface area (Å²) in [6.45, 7) is 6.63. The average Bonchev–Trinajstić information content (AvgIpc) is 2.72. The predicted molar refractivity (Wildman–Crippen MR) is 96.9 cm³/mol. The van der Waals surface area contributed by atoms with Gasteiger partial charge in [-0.2, -0.15) is 5.26 Å². The lowest BCUT2D eigenvalue weighted by Gasteiger charge is -2.36. The van der Waals surface area contributed by atoms with Crippen LogP contribution in [0.15, 0.2) is 24.3 Å². The fourth-order valence-corrected chi connectivity index (χ4v) is 3.32. The molecule has 0 spiro atoms. The number of morpholine rings is 1. The van der Waals surface area contributed by atoms with Gasteiger partial charge in [0.05, 0.1) is 37.5 Å². The Morgan fingerprint density at radius 1 is 1.35 bits per heavy atom. The van der Waals surface area contributed by atoms with Crippen LogP contribution in [0.4, 0.5) is 0 Å². The van der Waals surface area contributed by atoms with Crippen LogP contribution in [0.2, 0.25) is 0 Å². The van der Waals surface area contributed by atoms with Gasteiger partial charge < -0.3 is 19.7 Å². The highest BCUT2D eigenvalue weighted by Gasteiger charge is 2.29. The Kier molecular flexibility index (Phi) is 6.83. The van der Waals surface area contributed by atoms with Gasteiger partial charge in [0.1, 0.15) is 5.75 Å². The minimum Gasteiger partial charge on any atom is -0.494 e. The molecule has 2 fully saturated rings. The van der Waals surface area contributed by atoms with Crippen LogP contribution in [-0.4, -0.2) is 80.8 Å². The smallest absolute Gasteiger partial charge is 0.241 e. The molecular weight excluding hydrogens is 332 g/mol. The van der Waals surface area contributed by atoms with Crippen LogP contribution >= 0.6 is 0 Å². The van der Waals surface area contributed by atoms with E-state index in [0.29, 0.717) is 38.5 Å². The molecule has 0 aliphatic carbocycles. The number of ether oxygens (including phenoxy) is 2. The number of nitrogens with one attached hydrogen (secondary N) is 1. The summed E-state index contributed by atoms with van der Waals surface area (Å²) in [5, 5.41) is 12.3. The van der Waals surface area contributed by atoms with Gasteiger partial charge in [-0.3, -0.25) is 9.69 Å². The predicted octanol–water partition coefficient (Wildman–Crippen LogP) is 0.460. The highest BCUT2D eigenvalue weighted by atomic mass is 16.5. The van der Waals surface area contributed by atoms with Crippen LogP contribution in [0, 0.1) is 11.3 Å². The molecule has 3 rings (SSSR count). The Bertz CT molecular complexity index is 640. The van der Waals surface area contributed by atoms with E-state index in [1.165, 1.54) is 0 Å². The van der Waals surface area contributed by atoms with Crippen molar-refractivity contribution >= 4 is 5.91 Å². The van der Waals surface area contributed by atoms with Crippen molar-refractivity contribution in [2.75, 3.05) is 59.1 Å². The molecule has 0 saturated carbocycles. The fourth-order valence-electron chi connectivity index (χ4n) is 3.32. The topological polar surface area (TPSA) is 77.8 Å². The van der Waals surface area contributed by atoms with Crippen molar-refractivity contribution in [2.24, 2.45) is 0 Å². The fraction of sp³-hybridized carbons (Fsp3) is 0.579. The maximum Gasteiger partial charge on any atom is 0.241 e. The van der Waals surface area contributed by atoms with Crippen LogP contribution < -0.4 is 10.1 Å². The largest absolute Gasteiger partial charge is 0.494 e. The maximum absolute atomic E-state index is 12.6. The van der Waals surface area contributed by atoms with Crippen LogP contribution in [0.25, 0.3) is 0 Å². The lowest BCUT2D eigenvalue weighted by atomic mass is 10.1. The van der Waals surface area contributed by atoms with Crippen LogP contribution in [0.5, 0.6) is 5.75 Å². The molecule has 26 heavy (non-hydrogen) atoms. The number of carbonyl (C=O) groups excluding carboxylic acids is 1. The lowest BCUT2D eigenvalue weighted by Crippen LogP contribution is -2.59. The first-order valence-corrected chi connectivity index (χ1v) is 9.21. The zero-order valence-corrected chi connectivity index (χ0v) is 15.0. The number of nitrogens with zero attached hydrogens (tertiary/aromatic N) is 3. The maximum atomic E-state index is 12.6. The third-order valence-corrected chi connectivity index (χ3v) is 4.73. The molecule has 0 aromatic heterocycles. The van der Waals surface area contributed by atoms with Crippen molar-refractivity contribution < 1.29 is 14.3 Å². The SMILES string of the molecule is N#Cc1cccc(OCCCN2CCNC(C(=O)N3CCOCC3)C2)c1. The average molecular weight is 358 g/mol. The van der Waals surface area contributed by atoms with E-state index in [0.717, 1.165) is 38.3 Å². The van der Waals surface area contributed by atoms with Crippen LogP contribution in [0.1, 0.15) is 12.0 Å². The normalized spacial score (nSPS) is 21.2. The minimum atomic E-state index is -0.130. The van der Waals surface area contributed by atoms with E-state index in [-0.39, 0.29) is 11.9 Å². The van der Waals surface area contributed by atoms with E-state index in [2.05, 4.69) is 16.3 Å². The number of piperazine rings is 1. The molecule has 2 saturated heterocycles. The number of benzene rings is 1. The Hall–Kier alpha value is -2.14. The number of carbonyl (C=O) groups is 1. The molecule has 140 valence electrons. The number of nitriles is 1. The molecule has 0 radical (unpaired) electrons. The van der Waals surface area contributed by atoms with E-state index in [1.807, 2.05) is 17.0 Å². The first kappa shape index (κ1) is 18.6. The first-order chi connectivity index (χ1) is 12.8. The highest BCUT2D eigenvalue weighted by Crippen LogP contribution is 2.13. The van der Waals surface area contributed by atoms with Crippen LogP contribution in [-0.2, 0) is 9.53 Å². The Labute approximate surface area is 154 Å². The summed E-state index contributed by atoms with van der Waals surface area (Å²) in [4.78, 5) is 16.8. The van der Waals surface area contributed by atoms with Gasteiger partial charge in [-0.25, -0.2) is 0 Å². The number of rotatable bonds is 6. The molecule has 2 aliphatic rings. The molecule has 7 heteroatoms. The van der Waals surface area contributed by atoms with E-state index in [1.54, 1.807) is 12.1 Å². The lowest BCUT2D eigenvalue weighted by molar-refractivity contribution is -0.138. The summed E-state index contributed by atoms with van der Waals surface area (Å²) in [5.41, 5.74) is 0.606. The molecule has 0 bridgehead atoms. The second-order valence-electron chi connectivity index (χ2n) is 6.59. The Morgan fingerprint density at radius 3 is 3.00 bits per heavy atom. The van der Waals surface area contributed by atoms with E-state index in [9.17, 15) is 4.79 Å². The summed E-state index contributed by atoms with van der Waals surface area (Å²) in [5.74, 6) is 0.910. The molecule has 7 nitrogen and oxygen atoms in total. The molecular formula is C19H26N4O3. The third kappa shape index (κ3) is 5.18. The van der Waals surface area contributed by atoms with Crippen molar-refractivity contribution in [1.29, 1.82) is 5.26 Å².